The van der Waals surface area contributed by atoms with Crippen molar-refractivity contribution in [2.75, 3.05) is 13.7 Å². The van der Waals surface area contributed by atoms with Gasteiger partial charge >= 0.3 is 0 Å². The van der Waals surface area contributed by atoms with Crippen LogP contribution >= 0.6 is 11.3 Å². The van der Waals surface area contributed by atoms with Crippen LogP contribution in [0.2, 0.25) is 0 Å². The standard InChI is InChI=1S/C20H21NO3S/c1-20(23,12-14-7-9-16(24-2)10-8-14)13-21-19(22)18-11-15-5-3-4-6-17(15)25-18/h3-11,23H,12-13H2,1-2H3,(H,21,22)/t20-/m1/s1. The molecule has 0 radical (unpaired) electrons. The molecule has 0 aliphatic rings. The number of thiophene rings is 1. The van der Waals surface area contributed by atoms with Crippen molar-refractivity contribution in [1.29, 1.82) is 0 Å². The van der Waals surface area contributed by atoms with Crippen molar-refractivity contribution in [1.82, 2.24) is 5.32 Å². The number of nitrogens with one attached hydrogen (secondary N) is 1. The second-order valence-electron chi connectivity index (χ2n) is 6.35. The number of methoxy groups -OCH3 is 1. The zero-order valence-corrected chi connectivity index (χ0v) is 15.1. The molecule has 2 N–H and O–H groups in total. The number of hydrogen-bond acceptors (Lipinski definition) is 4. The highest BCUT2D eigenvalue weighted by Crippen LogP contribution is 2.25. The summed E-state index contributed by atoms with van der Waals surface area (Å²) in [6, 6.07) is 17.3. The average Bonchev–Trinajstić information content (AvgIpc) is 3.04. The van der Waals surface area contributed by atoms with Crippen LogP contribution in [-0.4, -0.2) is 30.3 Å². The molecule has 1 atom stereocenters. The number of carbonyl (C=O) groups excluding carboxylic acids is 1. The number of ether oxygens (including phenoxy) is 1. The second-order valence-corrected chi connectivity index (χ2v) is 7.44. The molecular weight excluding hydrogens is 334 g/mol. The van der Waals surface area contributed by atoms with E-state index in [0.29, 0.717) is 11.3 Å². The Balaban J connectivity index is 1.61. The highest BCUT2D eigenvalue weighted by Gasteiger charge is 2.22. The zero-order valence-electron chi connectivity index (χ0n) is 14.3. The van der Waals surface area contributed by atoms with Crippen LogP contribution in [0.5, 0.6) is 5.75 Å². The van der Waals surface area contributed by atoms with E-state index in [9.17, 15) is 9.90 Å². The number of benzene rings is 2. The van der Waals surface area contributed by atoms with E-state index in [4.69, 9.17) is 4.74 Å². The van der Waals surface area contributed by atoms with Gasteiger partial charge in [0.2, 0.25) is 0 Å². The van der Waals surface area contributed by atoms with Crippen LogP contribution in [0.25, 0.3) is 10.1 Å². The Hall–Kier alpha value is -2.37. The fourth-order valence-corrected chi connectivity index (χ4v) is 3.68. The third-order valence-electron chi connectivity index (χ3n) is 4.02. The van der Waals surface area contributed by atoms with Gasteiger partial charge in [0.15, 0.2) is 0 Å². The van der Waals surface area contributed by atoms with Crippen LogP contribution in [0.3, 0.4) is 0 Å². The van der Waals surface area contributed by atoms with Crippen molar-refractivity contribution in [3.05, 3.63) is 65.0 Å². The van der Waals surface area contributed by atoms with Crippen molar-refractivity contribution in [2.45, 2.75) is 18.9 Å². The summed E-state index contributed by atoms with van der Waals surface area (Å²) < 4.78 is 6.21. The summed E-state index contributed by atoms with van der Waals surface area (Å²) >= 11 is 1.46. The number of rotatable bonds is 6. The highest BCUT2D eigenvalue weighted by atomic mass is 32.1. The lowest BCUT2D eigenvalue weighted by molar-refractivity contribution is 0.0554. The monoisotopic (exact) mass is 355 g/mol. The van der Waals surface area contributed by atoms with Crippen molar-refractivity contribution in [3.63, 3.8) is 0 Å². The first-order valence-corrected chi connectivity index (χ1v) is 8.91. The minimum absolute atomic E-state index is 0.156. The molecule has 2 aromatic carbocycles. The van der Waals surface area contributed by atoms with Gasteiger partial charge in [-0.25, -0.2) is 0 Å². The van der Waals surface area contributed by atoms with Gasteiger partial charge in [-0.1, -0.05) is 30.3 Å². The smallest absolute Gasteiger partial charge is 0.261 e. The van der Waals surface area contributed by atoms with Crippen molar-refractivity contribution >= 4 is 27.3 Å². The molecule has 1 heterocycles. The molecule has 1 amide bonds. The van der Waals surface area contributed by atoms with Gasteiger partial charge in [-0.05, 0) is 42.1 Å². The maximum Gasteiger partial charge on any atom is 0.261 e. The molecule has 0 spiro atoms. The molecule has 130 valence electrons. The van der Waals surface area contributed by atoms with E-state index in [0.717, 1.165) is 21.4 Å². The van der Waals surface area contributed by atoms with Gasteiger partial charge in [0.05, 0.1) is 17.6 Å². The van der Waals surface area contributed by atoms with Crippen LogP contribution < -0.4 is 10.1 Å². The predicted molar refractivity (Wildman–Crippen MR) is 101 cm³/mol. The molecule has 0 aliphatic carbocycles. The first-order valence-electron chi connectivity index (χ1n) is 8.09. The molecule has 1 aromatic heterocycles. The molecular formula is C20H21NO3S. The third kappa shape index (κ3) is 4.38. The number of carbonyl (C=O) groups is 1. The molecule has 0 saturated carbocycles. The largest absolute Gasteiger partial charge is 0.497 e. The average molecular weight is 355 g/mol. The topological polar surface area (TPSA) is 58.6 Å². The van der Waals surface area contributed by atoms with E-state index in [1.165, 1.54) is 11.3 Å². The quantitative estimate of drug-likeness (QED) is 0.710. The molecule has 3 rings (SSSR count). The molecule has 25 heavy (non-hydrogen) atoms. The van der Waals surface area contributed by atoms with Crippen molar-refractivity contribution < 1.29 is 14.6 Å². The summed E-state index contributed by atoms with van der Waals surface area (Å²) in [5.74, 6) is 0.623. The second kappa shape index (κ2) is 7.25. The Kier molecular flexibility index (Phi) is 5.06. The van der Waals surface area contributed by atoms with Crippen LogP contribution in [0.4, 0.5) is 0 Å². The van der Waals surface area contributed by atoms with Crippen LogP contribution in [-0.2, 0) is 6.42 Å². The van der Waals surface area contributed by atoms with Gasteiger partial charge in [-0.2, -0.15) is 0 Å². The summed E-state index contributed by atoms with van der Waals surface area (Å²) in [6.45, 7) is 1.91. The molecule has 0 aliphatic heterocycles. The van der Waals surface area contributed by atoms with E-state index in [1.54, 1.807) is 14.0 Å². The number of amides is 1. The van der Waals surface area contributed by atoms with E-state index in [1.807, 2.05) is 54.6 Å². The van der Waals surface area contributed by atoms with Crippen molar-refractivity contribution in [2.24, 2.45) is 0 Å². The van der Waals surface area contributed by atoms with E-state index in [-0.39, 0.29) is 12.5 Å². The minimum atomic E-state index is -1.03. The Labute approximate surface area is 151 Å². The Bertz CT molecular complexity index is 835. The maximum absolute atomic E-state index is 12.4. The minimum Gasteiger partial charge on any atom is -0.497 e. The Morgan fingerprint density at radius 1 is 1.20 bits per heavy atom. The number of hydrogen-bond donors (Lipinski definition) is 2. The normalized spacial score (nSPS) is 13.4. The SMILES string of the molecule is COc1ccc(C[C@@](C)(O)CNC(=O)c2cc3ccccc3s2)cc1. The lowest BCUT2D eigenvalue weighted by Gasteiger charge is -2.23. The third-order valence-corrected chi connectivity index (χ3v) is 5.14. The van der Waals surface area contributed by atoms with Gasteiger partial charge in [0.25, 0.3) is 5.91 Å². The zero-order chi connectivity index (χ0) is 17.9. The molecule has 4 nitrogen and oxygen atoms in total. The fraction of sp³-hybridized carbons (Fsp3) is 0.250. The van der Waals surface area contributed by atoms with Gasteiger partial charge < -0.3 is 15.2 Å². The van der Waals surface area contributed by atoms with Crippen LogP contribution in [0.1, 0.15) is 22.2 Å². The summed E-state index contributed by atoms with van der Waals surface area (Å²) in [4.78, 5) is 13.0. The fourth-order valence-electron chi connectivity index (χ4n) is 2.70. The van der Waals surface area contributed by atoms with Gasteiger partial charge in [-0.3, -0.25) is 4.79 Å². The van der Waals surface area contributed by atoms with E-state index >= 15 is 0 Å². The summed E-state index contributed by atoms with van der Waals surface area (Å²) in [5, 5.41) is 14.5. The highest BCUT2D eigenvalue weighted by molar-refractivity contribution is 7.20. The number of aliphatic hydroxyl groups is 1. The molecule has 0 unspecified atom stereocenters. The van der Waals surface area contributed by atoms with Crippen LogP contribution in [0, 0.1) is 0 Å². The lowest BCUT2D eigenvalue weighted by Crippen LogP contribution is -2.42. The summed E-state index contributed by atoms with van der Waals surface area (Å²) in [5.41, 5.74) is -0.0390. The molecule has 3 aromatic rings. The Morgan fingerprint density at radius 2 is 1.92 bits per heavy atom. The molecule has 0 bridgehead atoms. The lowest BCUT2D eigenvalue weighted by atomic mass is 9.96. The maximum atomic E-state index is 12.4. The summed E-state index contributed by atoms with van der Waals surface area (Å²) in [7, 11) is 1.62. The van der Waals surface area contributed by atoms with Gasteiger partial charge in [-0.15, -0.1) is 11.3 Å². The van der Waals surface area contributed by atoms with Gasteiger partial charge in [0.1, 0.15) is 5.75 Å². The molecule has 0 saturated heterocycles. The van der Waals surface area contributed by atoms with E-state index < -0.39 is 5.60 Å². The first-order chi connectivity index (χ1) is 12.0. The van der Waals surface area contributed by atoms with Gasteiger partial charge in [0, 0.05) is 17.7 Å². The first kappa shape index (κ1) is 17.5. The predicted octanol–water partition coefficient (Wildman–Crippen LogP) is 3.63. The van der Waals surface area contributed by atoms with E-state index in [2.05, 4.69) is 5.32 Å². The summed E-state index contributed by atoms with van der Waals surface area (Å²) in [6.07, 6.45) is 0.448. The van der Waals surface area contributed by atoms with Crippen molar-refractivity contribution in [3.8, 4) is 5.75 Å². The Morgan fingerprint density at radius 3 is 2.60 bits per heavy atom. The number of fused-ring (bicyclic) bond motifs is 1. The molecule has 0 fully saturated rings. The van der Waals surface area contributed by atoms with Crippen LogP contribution in [0.15, 0.2) is 54.6 Å². The molecule has 5 heteroatoms.